The average molecular weight is 428 g/mol. The lowest BCUT2D eigenvalue weighted by molar-refractivity contribution is 0.102. The Morgan fingerprint density at radius 2 is 1.53 bits per heavy atom. The van der Waals surface area contributed by atoms with Crippen LogP contribution in [0.15, 0.2) is 65.5 Å². The molecule has 0 atom stereocenters. The van der Waals surface area contributed by atoms with Crippen LogP contribution in [0.25, 0.3) is 5.69 Å². The van der Waals surface area contributed by atoms with E-state index in [-0.39, 0.29) is 17.2 Å². The van der Waals surface area contributed by atoms with Crippen LogP contribution in [-0.2, 0) is 7.05 Å². The fourth-order valence-corrected chi connectivity index (χ4v) is 3.51. The van der Waals surface area contributed by atoms with Crippen LogP contribution in [0.5, 0.6) is 0 Å². The number of carbonyl (C=O) groups excluding carboxylic acids is 1. The van der Waals surface area contributed by atoms with Crippen molar-refractivity contribution in [2.75, 3.05) is 10.6 Å². The molecule has 4 rings (SSSR count). The number of carbonyl (C=O) groups is 1. The Morgan fingerprint density at radius 1 is 0.906 bits per heavy atom. The van der Waals surface area contributed by atoms with Crippen LogP contribution in [0.1, 0.15) is 27.4 Å². The van der Waals surface area contributed by atoms with Crippen LogP contribution >= 0.6 is 0 Å². The van der Waals surface area contributed by atoms with Crippen molar-refractivity contribution >= 4 is 23.2 Å². The molecule has 8 heteroatoms. The van der Waals surface area contributed by atoms with E-state index >= 15 is 0 Å². The minimum atomic E-state index is -0.356. The minimum Gasteiger partial charge on any atom is -0.324 e. The summed E-state index contributed by atoms with van der Waals surface area (Å²) in [4.78, 5) is 34.5. The molecule has 0 bridgehead atoms. The van der Waals surface area contributed by atoms with Crippen molar-refractivity contribution in [1.29, 1.82) is 0 Å². The molecule has 0 fully saturated rings. The van der Waals surface area contributed by atoms with E-state index < -0.39 is 0 Å². The summed E-state index contributed by atoms with van der Waals surface area (Å²) >= 11 is 0. The van der Waals surface area contributed by atoms with E-state index in [2.05, 4.69) is 20.6 Å². The van der Waals surface area contributed by atoms with Gasteiger partial charge >= 0.3 is 0 Å². The van der Waals surface area contributed by atoms with Crippen molar-refractivity contribution in [3.8, 4) is 5.69 Å². The summed E-state index contributed by atoms with van der Waals surface area (Å²) in [5.41, 5.74) is 4.30. The van der Waals surface area contributed by atoms with Crippen LogP contribution in [0.2, 0.25) is 0 Å². The van der Waals surface area contributed by atoms with E-state index in [1.54, 1.807) is 42.9 Å². The molecule has 32 heavy (non-hydrogen) atoms. The molecule has 0 saturated heterocycles. The summed E-state index contributed by atoms with van der Waals surface area (Å²) in [5.74, 6) is 0.145. The second-order valence-corrected chi connectivity index (χ2v) is 7.57. The third-order valence-corrected chi connectivity index (χ3v) is 5.18. The number of benzene rings is 2. The first-order valence-electron chi connectivity index (χ1n) is 10.2. The second kappa shape index (κ2) is 8.50. The Balaban J connectivity index is 1.54. The normalized spacial score (nSPS) is 10.8. The zero-order valence-electron chi connectivity index (χ0n) is 18.4. The van der Waals surface area contributed by atoms with Gasteiger partial charge in [0.2, 0.25) is 5.95 Å². The van der Waals surface area contributed by atoms with Crippen molar-refractivity contribution < 1.29 is 4.79 Å². The highest BCUT2D eigenvalue weighted by Crippen LogP contribution is 2.18. The average Bonchev–Trinajstić information content (AvgIpc) is 2.97. The zero-order chi connectivity index (χ0) is 22.8. The smallest absolute Gasteiger partial charge is 0.295 e. The van der Waals surface area contributed by atoms with Crippen molar-refractivity contribution in [2.45, 2.75) is 20.8 Å². The third kappa shape index (κ3) is 4.15. The first-order valence-corrected chi connectivity index (χ1v) is 10.2. The van der Waals surface area contributed by atoms with E-state index in [4.69, 9.17) is 0 Å². The van der Waals surface area contributed by atoms with Crippen LogP contribution in [-0.4, -0.2) is 25.2 Å². The number of anilines is 3. The van der Waals surface area contributed by atoms with Crippen LogP contribution in [0.4, 0.5) is 17.3 Å². The Hall–Kier alpha value is -4.20. The van der Waals surface area contributed by atoms with E-state index in [1.807, 2.05) is 50.2 Å². The molecule has 2 aromatic carbocycles. The van der Waals surface area contributed by atoms with Gasteiger partial charge in [0, 0.05) is 29.7 Å². The monoisotopic (exact) mass is 428 g/mol. The first-order chi connectivity index (χ1) is 15.3. The molecule has 162 valence electrons. The summed E-state index contributed by atoms with van der Waals surface area (Å²) in [6, 6.07) is 18.1. The van der Waals surface area contributed by atoms with Crippen molar-refractivity contribution in [3.05, 3.63) is 93.7 Å². The predicted molar refractivity (Wildman–Crippen MR) is 125 cm³/mol. The van der Waals surface area contributed by atoms with Gasteiger partial charge in [-0.15, -0.1) is 0 Å². The zero-order valence-corrected chi connectivity index (χ0v) is 18.4. The Bertz CT molecular complexity index is 1320. The molecule has 2 heterocycles. The molecule has 1 amide bonds. The molecule has 8 nitrogen and oxygen atoms in total. The van der Waals surface area contributed by atoms with Crippen LogP contribution in [0.3, 0.4) is 0 Å². The molecular weight excluding hydrogens is 404 g/mol. The maximum Gasteiger partial charge on any atom is 0.295 e. The van der Waals surface area contributed by atoms with Crippen LogP contribution in [0, 0.1) is 20.8 Å². The number of hydrogen-bond donors (Lipinski definition) is 2. The topological polar surface area (TPSA) is 93.8 Å². The van der Waals surface area contributed by atoms with E-state index in [9.17, 15) is 9.59 Å². The number of para-hydroxylation sites is 1. The van der Waals surface area contributed by atoms with Gasteiger partial charge in [-0.2, -0.15) is 0 Å². The molecule has 0 aliphatic rings. The molecule has 0 spiro atoms. The number of hydrogen-bond acceptors (Lipinski definition) is 5. The Kier molecular flexibility index (Phi) is 5.59. The van der Waals surface area contributed by atoms with Gasteiger partial charge in [0.05, 0.1) is 11.4 Å². The van der Waals surface area contributed by atoms with Gasteiger partial charge < -0.3 is 10.6 Å². The van der Waals surface area contributed by atoms with Gasteiger partial charge in [0.1, 0.15) is 5.69 Å². The number of aromatic nitrogens is 4. The van der Waals surface area contributed by atoms with Gasteiger partial charge in [-0.3, -0.25) is 14.3 Å². The molecular formula is C24H24N6O2. The Labute approximate surface area is 185 Å². The van der Waals surface area contributed by atoms with E-state index in [0.29, 0.717) is 17.2 Å². The lowest BCUT2D eigenvalue weighted by Gasteiger charge is -2.08. The van der Waals surface area contributed by atoms with E-state index in [0.717, 1.165) is 22.8 Å². The highest BCUT2D eigenvalue weighted by Gasteiger charge is 2.18. The lowest BCUT2D eigenvalue weighted by atomic mass is 10.2. The fraction of sp³-hybridized carbons (Fsp3) is 0.167. The van der Waals surface area contributed by atoms with Gasteiger partial charge in [-0.25, -0.2) is 14.6 Å². The maximum absolute atomic E-state index is 13.0. The summed E-state index contributed by atoms with van der Waals surface area (Å²) in [5, 5.41) is 5.91. The first kappa shape index (κ1) is 21.0. The summed E-state index contributed by atoms with van der Waals surface area (Å²) in [6.45, 7) is 5.61. The molecule has 4 aromatic rings. The molecule has 0 saturated carbocycles. The number of amides is 1. The molecule has 2 N–H and O–H groups in total. The molecule has 0 radical (unpaired) electrons. The Morgan fingerprint density at radius 3 is 2.16 bits per heavy atom. The maximum atomic E-state index is 13.0. The van der Waals surface area contributed by atoms with Gasteiger partial charge in [0.25, 0.3) is 11.5 Å². The fourth-order valence-electron chi connectivity index (χ4n) is 3.51. The van der Waals surface area contributed by atoms with Crippen molar-refractivity contribution in [3.63, 3.8) is 0 Å². The minimum absolute atomic E-state index is 0.257. The van der Waals surface area contributed by atoms with Crippen LogP contribution < -0.4 is 16.2 Å². The quantitative estimate of drug-likeness (QED) is 0.503. The summed E-state index contributed by atoms with van der Waals surface area (Å²) in [6.07, 6.45) is 0. The van der Waals surface area contributed by atoms with Crippen molar-refractivity contribution in [2.24, 2.45) is 7.05 Å². The standard InChI is InChI=1S/C24H24N6O2/c1-15-14-16(2)26-24(25-15)27-19-12-10-18(11-13-19)22(31)28-21-17(3)29(4)30(23(21)32)20-8-6-5-7-9-20/h5-14H,1-4H3,(H,28,31)(H,25,26,27). The largest absolute Gasteiger partial charge is 0.324 e. The number of nitrogens with one attached hydrogen (secondary N) is 2. The van der Waals surface area contributed by atoms with Gasteiger partial charge in [-0.05, 0) is 63.2 Å². The lowest BCUT2D eigenvalue weighted by Crippen LogP contribution is -2.22. The number of rotatable bonds is 5. The number of nitrogens with zero attached hydrogens (tertiary/aromatic N) is 4. The predicted octanol–water partition coefficient (Wildman–Crippen LogP) is 3.89. The summed E-state index contributed by atoms with van der Waals surface area (Å²) in [7, 11) is 1.79. The SMILES string of the molecule is Cc1cc(C)nc(Nc2ccc(C(=O)Nc3c(C)n(C)n(-c4ccccc4)c3=O)cc2)n1. The third-order valence-electron chi connectivity index (χ3n) is 5.18. The number of aryl methyl sites for hydroxylation is 2. The molecule has 0 unspecified atom stereocenters. The molecule has 2 aromatic heterocycles. The van der Waals surface area contributed by atoms with Gasteiger partial charge in [-0.1, -0.05) is 18.2 Å². The summed E-state index contributed by atoms with van der Waals surface area (Å²) < 4.78 is 3.26. The highest BCUT2D eigenvalue weighted by atomic mass is 16.2. The second-order valence-electron chi connectivity index (χ2n) is 7.57. The van der Waals surface area contributed by atoms with Gasteiger partial charge in [0.15, 0.2) is 0 Å². The van der Waals surface area contributed by atoms with E-state index in [1.165, 1.54) is 4.68 Å². The highest BCUT2D eigenvalue weighted by molar-refractivity contribution is 6.04. The molecule has 0 aliphatic carbocycles. The van der Waals surface area contributed by atoms with Crippen molar-refractivity contribution in [1.82, 2.24) is 19.3 Å². The molecule has 0 aliphatic heterocycles.